The molecule has 0 radical (unpaired) electrons. The number of pyridine rings is 1. The summed E-state index contributed by atoms with van der Waals surface area (Å²) in [7, 11) is 0. The third-order valence-electron chi connectivity index (χ3n) is 8.46. The third-order valence-corrected chi connectivity index (χ3v) is 8.46. The van der Waals surface area contributed by atoms with Crippen LogP contribution in [0.2, 0.25) is 0 Å². The molecule has 0 atom stereocenters. The van der Waals surface area contributed by atoms with E-state index in [4.69, 9.17) is 9.72 Å². The number of nitrogens with one attached hydrogen (secondary N) is 2. The minimum atomic E-state index is -0.214. The molecular weight excluding hydrogens is 512 g/mol. The van der Waals surface area contributed by atoms with Gasteiger partial charge in [0.2, 0.25) is 0 Å². The number of nitrogens with zero attached hydrogens (tertiary/aromatic N) is 2. The highest BCUT2D eigenvalue weighted by molar-refractivity contribution is 5.95. The molecule has 2 heterocycles. The van der Waals surface area contributed by atoms with Gasteiger partial charge in [0, 0.05) is 36.1 Å². The summed E-state index contributed by atoms with van der Waals surface area (Å²) in [4.78, 5) is 32.9. The molecule has 2 aromatic carbocycles. The first-order valence-corrected chi connectivity index (χ1v) is 14.9. The maximum absolute atomic E-state index is 14.4. The van der Waals surface area contributed by atoms with Crippen molar-refractivity contribution in [3.8, 4) is 5.75 Å². The van der Waals surface area contributed by atoms with Gasteiger partial charge in [-0.2, -0.15) is 0 Å². The Morgan fingerprint density at radius 1 is 1.00 bits per heavy atom. The maximum Gasteiger partial charge on any atom is 0.322 e. The first-order valence-electron chi connectivity index (χ1n) is 14.9. The van der Waals surface area contributed by atoms with Crippen molar-refractivity contribution in [2.75, 3.05) is 23.8 Å². The summed E-state index contributed by atoms with van der Waals surface area (Å²) in [6.45, 7) is 9.62. The van der Waals surface area contributed by atoms with Crippen LogP contribution >= 0.6 is 0 Å². The van der Waals surface area contributed by atoms with Crippen molar-refractivity contribution in [1.29, 1.82) is 0 Å². The monoisotopic (exact) mass is 554 g/mol. The molecule has 0 bridgehead atoms. The lowest BCUT2D eigenvalue weighted by atomic mass is 9.71. The molecule has 216 valence electrons. The number of amides is 3. The molecule has 41 heavy (non-hydrogen) atoms. The summed E-state index contributed by atoms with van der Waals surface area (Å²) in [6.07, 6.45) is 7.28. The van der Waals surface area contributed by atoms with Crippen molar-refractivity contribution >= 4 is 23.3 Å². The van der Waals surface area contributed by atoms with E-state index in [0.717, 1.165) is 53.8 Å². The molecule has 2 aliphatic rings. The van der Waals surface area contributed by atoms with Crippen LogP contribution < -0.4 is 15.4 Å². The predicted molar refractivity (Wildman–Crippen MR) is 164 cm³/mol. The number of para-hydroxylation sites is 1. The van der Waals surface area contributed by atoms with Crippen LogP contribution in [-0.4, -0.2) is 35.0 Å². The van der Waals surface area contributed by atoms with E-state index in [0.29, 0.717) is 24.5 Å². The van der Waals surface area contributed by atoms with Crippen LogP contribution in [0.4, 0.5) is 16.2 Å². The molecule has 0 saturated heterocycles. The highest BCUT2D eigenvalue weighted by Crippen LogP contribution is 2.40. The smallest absolute Gasteiger partial charge is 0.322 e. The first kappa shape index (κ1) is 28.7. The van der Waals surface area contributed by atoms with Crippen molar-refractivity contribution in [3.63, 3.8) is 0 Å². The van der Waals surface area contributed by atoms with Crippen LogP contribution in [0.3, 0.4) is 0 Å². The topological polar surface area (TPSA) is 83.6 Å². The highest BCUT2D eigenvalue weighted by Gasteiger charge is 2.38. The second kappa shape index (κ2) is 12.3. The molecule has 1 aliphatic heterocycles. The van der Waals surface area contributed by atoms with Gasteiger partial charge in [0.1, 0.15) is 5.75 Å². The SMILES string of the molecule is CC(C)c1cccc(C(C)C)c1NC(=O)N(Cc1ccc2c(c1)OCC(=O)N2)CC1(c2ccccn2)CCCCC1. The molecule has 1 saturated carbocycles. The summed E-state index contributed by atoms with van der Waals surface area (Å²) >= 11 is 0. The van der Waals surface area contributed by atoms with E-state index in [9.17, 15) is 9.59 Å². The third kappa shape index (κ3) is 6.39. The van der Waals surface area contributed by atoms with Crippen molar-refractivity contribution < 1.29 is 14.3 Å². The van der Waals surface area contributed by atoms with Crippen LogP contribution in [0.25, 0.3) is 0 Å². The second-order valence-electron chi connectivity index (χ2n) is 12.1. The Labute approximate surface area is 243 Å². The molecule has 1 aliphatic carbocycles. The van der Waals surface area contributed by atoms with E-state index in [1.165, 1.54) is 6.42 Å². The fourth-order valence-corrected chi connectivity index (χ4v) is 6.28. The summed E-state index contributed by atoms with van der Waals surface area (Å²) in [6, 6.07) is 18.1. The number of hydrogen-bond donors (Lipinski definition) is 2. The van der Waals surface area contributed by atoms with E-state index in [1.807, 2.05) is 41.4 Å². The Bertz CT molecular complexity index is 1350. The molecule has 2 N–H and O–H groups in total. The van der Waals surface area contributed by atoms with Crippen LogP contribution in [0.5, 0.6) is 5.75 Å². The lowest BCUT2D eigenvalue weighted by Crippen LogP contribution is -2.46. The standard InChI is InChI=1S/C34H42N4O3/c1-23(2)26-11-10-12-27(24(3)4)32(26)37-33(40)38(20-25-14-15-28-29(19-25)41-21-31(39)36-28)22-34(16-7-5-8-17-34)30-13-6-9-18-35-30/h6,9-15,18-19,23-24H,5,7-8,16-17,20-22H2,1-4H3,(H,36,39)(H,37,40). The number of aromatic nitrogens is 1. The number of anilines is 2. The van der Waals surface area contributed by atoms with E-state index in [-0.39, 0.29) is 35.8 Å². The van der Waals surface area contributed by atoms with Crippen LogP contribution in [0.15, 0.2) is 60.8 Å². The molecular formula is C34H42N4O3. The van der Waals surface area contributed by atoms with Gasteiger partial charge in [-0.1, -0.05) is 77.3 Å². The van der Waals surface area contributed by atoms with Gasteiger partial charge in [-0.05, 0) is 65.6 Å². The molecule has 5 rings (SSSR count). The van der Waals surface area contributed by atoms with Gasteiger partial charge in [-0.25, -0.2) is 4.79 Å². The molecule has 3 amide bonds. The molecule has 7 heteroatoms. The second-order valence-corrected chi connectivity index (χ2v) is 12.1. The normalized spacial score (nSPS) is 16.1. The number of benzene rings is 2. The number of rotatable bonds is 8. The van der Waals surface area contributed by atoms with Crippen molar-refractivity contribution in [2.24, 2.45) is 0 Å². The maximum atomic E-state index is 14.4. The van der Waals surface area contributed by atoms with Gasteiger partial charge >= 0.3 is 6.03 Å². The van der Waals surface area contributed by atoms with E-state index in [1.54, 1.807) is 0 Å². The van der Waals surface area contributed by atoms with Gasteiger partial charge in [-0.15, -0.1) is 0 Å². The summed E-state index contributed by atoms with van der Waals surface area (Å²) in [5.41, 5.74) is 5.64. The van der Waals surface area contributed by atoms with Crippen molar-refractivity contribution in [3.05, 3.63) is 83.2 Å². The molecule has 0 unspecified atom stereocenters. The van der Waals surface area contributed by atoms with Crippen LogP contribution in [-0.2, 0) is 16.8 Å². The van der Waals surface area contributed by atoms with E-state index >= 15 is 0 Å². The number of urea groups is 1. The minimum Gasteiger partial charge on any atom is -0.482 e. The minimum absolute atomic E-state index is 0.00654. The fraction of sp³-hybridized carbons (Fsp3) is 0.441. The summed E-state index contributed by atoms with van der Waals surface area (Å²) < 4.78 is 5.70. The van der Waals surface area contributed by atoms with E-state index < -0.39 is 0 Å². The van der Waals surface area contributed by atoms with Gasteiger partial charge in [0.05, 0.1) is 5.69 Å². The van der Waals surface area contributed by atoms with Gasteiger partial charge in [-0.3, -0.25) is 9.78 Å². The van der Waals surface area contributed by atoms with E-state index in [2.05, 4.69) is 62.6 Å². The van der Waals surface area contributed by atoms with Crippen LogP contribution in [0.1, 0.15) is 94.0 Å². The number of carbonyl (C=O) groups is 2. The lowest BCUT2D eigenvalue weighted by Gasteiger charge is -2.41. The number of carbonyl (C=O) groups excluding carboxylic acids is 2. The van der Waals surface area contributed by atoms with Gasteiger partial charge in [0.15, 0.2) is 6.61 Å². The van der Waals surface area contributed by atoms with Gasteiger partial charge in [0.25, 0.3) is 5.91 Å². The summed E-state index contributed by atoms with van der Waals surface area (Å²) in [5, 5.41) is 6.22. The van der Waals surface area contributed by atoms with Crippen molar-refractivity contribution in [1.82, 2.24) is 9.88 Å². The quantitative estimate of drug-likeness (QED) is 0.300. The Hall–Kier alpha value is -3.87. The molecule has 0 spiro atoms. The Kier molecular flexibility index (Phi) is 8.62. The molecule has 1 fully saturated rings. The zero-order valence-electron chi connectivity index (χ0n) is 24.7. The number of fused-ring (bicyclic) bond motifs is 1. The first-order chi connectivity index (χ1) is 19.8. The van der Waals surface area contributed by atoms with Gasteiger partial charge < -0.3 is 20.3 Å². The molecule has 7 nitrogen and oxygen atoms in total. The zero-order chi connectivity index (χ0) is 29.0. The molecule has 1 aromatic heterocycles. The largest absolute Gasteiger partial charge is 0.482 e. The predicted octanol–water partition coefficient (Wildman–Crippen LogP) is 7.60. The Morgan fingerprint density at radius 3 is 2.39 bits per heavy atom. The average Bonchev–Trinajstić information content (AvgIpc) is 2.97. The molecule has 3 aromatic rings. The Balaban J connectivity index is 1.52. The zero-order valence-corrected chi connectivity index (χ0v) is 24.7. The Morgan fingerprint density at radius 2 is 1.73 bits per heavy atom. The lowest BCUT2D eigenvalue weighted by molar-refractivity contribution is -0.118. The van der Waals surface area contributed by atoms with Crippen LogP contribution in [0, 0.1) is 0 Å². The number of hydrogen-bond acceptors (Lipinski definition) is 4. The fourth-order valence-electron chi connectivity index (χ4n) is 6.28. The average molecular weight is 555 g/mol. The van der Waals surface area contributed by atoms with Crippen molar-refractivity contribution in [2.45, 2.75) is 83.6 Å². The number of ether oxygens (including phenoxy) is 1. The summed E-state index contributed by atoms with van der Waals surface area (Å²) in [5.74, 6) is 1.00. The highest BCUT2D eigenvalue weighted by atomic mass is 16.5.